The van der Waals surface area contributed by atoms with Gasteiger partial charge in [-0.2, -0.15) is 10.2 Å². The van der Waals surface area contributed by atoms with Gasteiger partial charge in [-0.05, 0) is 71.1 Å². The van der Waals surface area contributed by atoms with E-state index in [9.17, 15) is 4.79 Å². The first-order chi connectivity index (χ1) is 21.1. The van der Waals surface area contributed by atoms with Crippen molar-refractivity contribution in [1.82, 2.24) is 29.8 Å². The molecule has 0 saturated carbocycles. The van der Waals surface area contributed by atoms with Crippen LogP contribution in [0.5, 0.6) is 0 Å². The number of nitrogens with one attached hydrogen (secondary N) is 1. The van der Waals surface area contributed by atoms with Crippen molar-refractivity contribution in [3.8, 4) is 11.1 Å². The number of H-pyrrole nitrogens is 1. The molecule has 0 aliphatic carbocycles. The van der Waals surface area contributed by atoms with Crippen molar-refractivity contribution < 1.29 is 14.3 Å². The second-order valence-corrected chi connectivity index (χ2v) is 13.7. The third-order valence-electron chi connectivity index (χ3n) is 10.3. The molecule has 1 aromatic carbocycles. The Bertz CT molecular complexity index is 1530. The second kappa shape index (κ2) is 12.1. The van der Waals surface area contributed by atoms with E-state index in [2.05, 4.69) is 58.1 Å². The van der Waals surface area contributed by atoms with Crippen molar-refractivity contribution in [2.45, 2.75) is 83.2 Å². The van der Waals surface area contributed by atoms with Crippen LogP contribution in [0.2, 0.25) is 5.02 Å². The number of amides is 1. The number of hydrogen-bond acceptors (Lipinski definition) is 7. The van der Waals surface area contributed by atoms with Crippen molar-refractivity contribution in [1.29, 1.82) is 0 Å². The summed E-state index contributed by atoms with van der Waals surface area (Å²) >= 11 is 7.17. The Hall–Kier alpha value is -2.92. The number of carbonyl (C=O) groups is 1. The number of anilines is 1. The summed E-state index contributed by atoms with van der Waals surface area (Å²) in [6.07, 6.45) is 7.17. The Morgan fingerprint density at radius 2 is 1.73 bits per heavy atom. The number of carbonyl (C=O) groups excluding carboxylic acids is 1. The van der Waals surface area contributed by atoms with Crippen LogP contribution in [0.25, 0.3) is 22.0 Å². The molecule has 44 heavy (non-hydrogen) atoms. The molecule has 11 heteroatoms. The molecule has 1 amide bonds. The summed E-state index contributed by atoms with van der Waals surface area (Å²) in [6.45, 7) is 16.6. The first-order valence-electron chi connectivity index (χ1n) is 15.8. The minimum absolute atomic E-state index is 0.00725. The fourth-order valence-corrected chi connectivity index (χ4v) is 8.09. The lowest BCUT2D eigenvalue weighted by molar-refractivity contribution is -0.127. The average molecular weight is 624 g/mol. The molecule has 3 atom stereocenters. The maximum Gasteiger partial charge on any atom is 0.245 e. The van der Waals surface area contributed by atoms with Gasteiger partial charge in [-0.25, -0.2) is 0 Å². The molecular formula is C33H46ClN7O3. The predicted octanol–water partition coefficient (Wildman–Crippen LogP) is 5.14. The Balaban J connectivity index is 1.39. The van der Waals surface area contributed by atoms with Crippen molar-refractivity contribution in [3.63, 3.8) is 0 Å². The van der Waals surface area contributed by atoms with Crippen molar-refractivity contribution in [2.24, 2.45) is 0 Å². The Morgan fingerprint density at radius 3 is 2.34 bits per heavy atom. The van der Waals surface area contributed by atoms with Gasteiger partial charge >= 0.3 is 0 Å². The van der Waals surface area contributed by atoms with Crippen molar-refractivity contribution in [3.05, 3.63) is 41.2 Å². The number of aromatic nitrogens is 4. The van der Waals surface area contributed by atoms with Crippen LogP contribution in [0.4, 0.5) is 5.82 Å². The van der Waals surface area contributed by atoms with Crippen LogP contribution >= 0.6 is 11.6 Å². The molecule has 5 heterocycles. The average Bonchev–Trinajstić information content (AvgIpc) is 3.74. The van der Waals surface area contributed by atoms with Gasteiger partial charge in [-0.3, -0.25) is 19.5 Å². The van der Waals surface area contributed by atoms with Crippen molar-refractivity contribution in [2.75, 3.05) is 51.8 Å². The summed E-state index contributed by atoms with van der Waals surface area (Å²) < 4.78 is 13.7. The molecule has 0 radical (unpaired) electrons. The number of nitrogens with zero attached hydrogens (tertiary/aromatic N) is 6. The molecule has 3 saturated heterocycles. The number of piperidine rings is 2. The minimum atomic E-state index is -0.164. The third-order valence-corrected chi connectivity index (χ3v) is 10.8. The zero-order chi connectivity index (χ0) is 31.3. The summed E-state index contributed by atoms with van der Waals surface area (Å²) in [6, 6.07) is 2.67. The molecule has 3 fully saturated rings. The maximum atomic E-state index is 12.3. The van der Waals surface area contributed by atoms with Crippen LogP contribution < -0.4 is 4.90 Å². The minimum Gasteiger partial charge on any atom is -0.377 e. The largest absolute Gasteiger partial charge is 0.377 e. The summed E-state index contributed by atoms with van der Waals surface area (Å²) in [7, 11) is 3.56. The Labute approximate surface area is 265 Å². The molecule has 1 unspecified atom stereocenters. The number of hydrogen-bond donors (Lipinski definition) is 1. The van der Waals surface area contributed by atoms with E-state index in [1.54, 1.807) is 14.2 Å². The van der Waals surface area contributed by atoms with E-state index in [0.717, 1.165) is 89.4 Å². The second-order valence-electron chi connectivity index (χ2n) is 13.3. The van der Waals surface area contributed by atoms with Gasteiger partial charge in [0.2, 0.25) is 5.91 Å². The fourth-order valence-electron chi connectivity index (χ4n) is 7.84. The van der Waals surface area contributed by atoms with Crippen LogP contribution in [0, 0.1) is 13.8 Å². The van der Waals surface area contributed by atoms with Gasteiger partial charge in [0.1, 0.15) is 0 Å². The van der Waals surface area contributed by atoms with E-state index < -0.39 is 0 Å². The van der Waals surface area contributed by atoms with Crippen LogP contribution in [0.3, 0.4) is 0 Å². The van der Waals surface area contributed by atoms with Crippen molar-refractivity contribution >= 4 is 34.2 Å². The lowest BCUT2D eigenvalue weighted by Gasteiger charge is -2.48. The van der Waals surface area contributed by atoms with Gasteiger partial charge in [0.15, 0.2) is 5.82 Å². The lowest BCUT2D eigenvalue weighted by Crippen LogP contribution is -2.55. The number of likely N-dealkylation sites (tertiary alicyclic amines) is 2. The van der Waals surface area contributed by atoms with Gasteiger partial charge in [-0.15, -0.1) is 0 Å². The fraction of sp³-hybridized carbons (Fsp3) is 0.606. The SMILES string of the molecule is C=CC(=O)N1CCC(n2nc(N3CCC(N4C[C@H](OC)[C@H](OC)C4)CC3(C)C)c(-c3c(Cl)c(C)cc4[nH]ncc34)c2C)CC1. The molecule has 1 N–H and O–H groups in total. The van der Waals surface area contributed by atoms with Crippen LogP contribution in [-0.4, -0.2) is 106 Å². The van der Waals surface area contributed by atoms with Gasteiger partial charge in [0, 0.05) is 80.7 Å². The molecule has 3 aliphatic heterocycles. The lowest BCUT2D eigenvalue weighted by atomic mass is 9.85. The van der Waals surface area contributed by atoms with E-state index in [0.29, 0.717) is 19.1 Å². The number of methoxy groups -OCH3 is 2. The number of rotatable bonds is 7. The maximum absolute atomic E-state index is 12.3. The summed E-state index contributed by atoms with van der Waals surface area (Å²) in [5.41, 5.74) is 4.94. The highest BCUT2D eigenvalue weighted by atomic mass is 35.5. The van der Waals surface area contributed by atoms with Crippen LogP contribution in [-0.2, 0) is 14.3 Å². The third kappa shape index (κ3) is 5.33. The topological polar surface area (TPSA) is 91.8 Å². The molecule has 0 bridgehead atoms. The predicted molar refractivity (Wildman–Crippen MR) is 174 cm³/mol. The smallest absolute Gasteiger partial charge is 0.245 e. The van der Waals surface area contributed by atoms with E-state index in [1.165, 1.54) is 6.08 Å². The van der Waals surface area contributed by atoms with Gasteiger partial charge in [0.05, 0.1) is 35.0 Å². The number of aryl methyl sites for hydroxylation is 1. The van der Waals surface area contributed by atoms with Gasteiger partial charge < -0.3 is 19.3 Å². The number of benzene rings is 1. The Kier molecular flexibility index (Phi) is 8.56. The molecule has 238 valence electrons. The van der Waals surface area contributed by atoms with E-state index >= 15 is 0 Å². The monoisotopic (exact) mass is 623 g/mol. The summed E-state index contributed by atoms with van der Waals surface area (Å²) in [5, 5.41) is 14.7. The highest BCUT2D eigenvalue weighted by Gasteiger charge is 2.44. The van der Waals surface area contributed by atoms with Gasteiger partial charge in [-0.1, -0.05) is 18.2 Å². The standard InChI is InChI=1S/C33H46ClN7O3/c1-8-28(42)38-12-9-22(10-13-38)41-21(3)29(30-24-17-35-36-25(24)15-20(2)31(30)34)32(37-41)40-14-11-23(16-33(40,4)5)39-18-26(43-6)27(19-39)44-7/h8,15,17,22-23,26-27H,1,9-14,16,18-19H2,2-7H3,(H,35,36)/t23?,26-,27+. The zero-order valence-electron chi connectivity index (χ0n) is 26.9. The number of fused-ring (bicyclic) bond motifs is 1. The van der Waals surface area contributed by atoms with Crippen LogP contribution in [0.15, 0.2) is 24.9 Å². The highest BCUT2D eigenvalue weighted by Crippen LogP contribution is 2.47. The highest BCUT2D eigenvalue weighted by molar-refractivity contribution is 6.36. The molecule has 3 aromatic rings. The molecule has 2 aromatic heterocycles. The summed E-state index contributed by atoms with van der Waals surface area (Å²) in [4.78, 5) is 19.2. The molecule has 6 rings (SSSR count). The Morgan fingerprint density at radius 1 is 1.07 bits per heavy atom. The number of ether oxygens (including phenoxy) is 2. The molecule has 3 aliphatic rings. The zero-order valence-corrected chi connectivity index (χ0v) is 27.7. The summed E-state index contributed by atoms with van der Waals surface area (Å²) in [5.74, 6) is 0.962. The van der Waals surface area contributed by atoms with Crippen LogP contribution in [0.1, 0.15) is 56.8 Å². The molecular weight excluding hydrogens is 578 g/mol. The number of aromatic amines is 1. The van der Waals surface area contributed by atoms with E-state index in [-0.39, 0.29) is 29.7 Å². The van der Waals surface area contributed by atoms with E-state index in [4.69, 9.17) is 26.2 Å². The van der Waals surface area contributed by atoms with E-state index in [1.807, 2.05) is 18.0 Å². The normalized spacial score (nSPS) is 24.8. The quantitative estimate of drug-likeness (QED) is 0.365. The van der Waals surface area contributed by atoms with Gasteiger partial charge in [0.25, 0.3) is 0 Å². The molecule has 10 nitrogen and oxygen atoms in total. The first kappa shape index (κ1) is 31.1. The molecule has 0 spiro atoms. The number of halogens is 1. The first-order valence-corrected chi connectivity index (χ1v) is 16.2.